The maximum Gasteiger partial charge on any atom is 0.0443 e. The zero-order valence-electron chi connectivity index (χ0n) is 6.65. The van der Waals surface area contributed by atoms with E-state index in [1.54, 1.807) is 0 Å². The van der Waals surface area contributed by atoms with Crippen LogP contribution in [0.25, 0.3) is 0 Å². The molecule has 0 aliphatic heterocycles. The second kappa shape index (κ2) is 5.30. The largest absolute Gasteiger partial charge is 0.127 e. The van der Waals surface area contributed by atoms with Crippen molar-refractivity contribution in [1.82, 2.24) is 0 Å². The van der Waals surface area contributed by atoms with E-state index in [1.165, 1.54) is 12.8 Å². The third kappa shape index (κ3) is 6.39. The van der Waals surface area contributed by atoms with Crippen molar-refractivity contribution < 1.29 is 0 Å². The van der Waals surface area contributed by atoms with E-state index in [-0.39, 0.29) is 9.52 Å². The SMILES string of the molecule is CCCC(Cl)[SiH2]C(C)C. The zero-order valence-corrected chi connectivity index (χ0v) is 8.82. The van der Waals surface area contributed by atoms with Crippen molar-refractivity contribution in [2.24, 2.45) is 0 Å². The summed E-state index contributed by atoms with van der Waals surface area (Å²) >= 11 is 6.04. The van der Waals surface area contributed by atoms with E-state index in [9.17, 15) is 0 Å². The lowest BCUT2D eigenvalue weighted by Crippen LogP contribution is -2.11. The molecule has 0 rings (SSSR count). The standard InChI is InChI=1S/C7H17ClSi/c1-4-5-7(8)9-6(2)3/h6-7H,4-5,9H2,1-3H3. The maximum absolute atomic E-state index is 6.04. The van der Waals surface area contributed by atoms with Crippen molar-refractivity contribution in [2.75, 3.05) is 0 Å². The lowest BCUT2D eigenvalue weighted by molar-refractivity contribution is 0.842. The Kier molecular flexibility index (Phi) is 5.60. The van der Waals surface area contributed by atoms with Crippen molar-refractivity contribution in [2.45, 2.75) is 44.2 Å². The van der Waals surface area contributed by atoms with Crippen molar-refractivity contribution in [3.8, 4) is 0 Å². The fraction of sp³-hybridized carbons (Fsp3) is 1.00. The molecule has 0 aliphatic carbocycles. The van der Waals surface area contributed by atoms with Gasteiger partial charge in [-0.3, -0.25) is 0 Å². The lowest BCUT2D eigenvalue weighted by atomic mass is 10.4. The van der Waals surface area contributed by atoms with Gasteiger partial charge in [0.05, 0.1) is 0 Å². The van der Waals surface area contributed by atoms with Gasteiger partial charge in [0.15, 0.2) is 0 Å². The third-order valence-electron chi connectivity index (χ3n) is 1.33. The first-order chi connectivity index (χ1) is 4.16. The van der Waals surface area contributed by atoms with Crippen LogP contribution in [0.5, 0.6) is 0 Å². The van der Waals surface area contributed by atoms with Gasteiger partial charge >= 0.3 is 0 Å². The van der Waals surface area contributed by atoms with Crippen LogP contribution in [-0.4, -0.2) is 14.5 Å². The Morgan fingerprint density at radius 3 is 2.33 bits per heavy atom. The van der Waals surface area contributed by atoms with E-state index < -0.39 is 0 Å². The Morgan fingerprint density at radius 2 is 2.00 bits per heavy atom. The van der Waals surface area contributed by atoms with Crippen LogP contribution in [-0.2, 0) is 0 Å². The second-order valence-corrected chi connectivity index (χ2v) is 7.24. The van der Waals surface area contributed by atoms with Gasteiger partial charge in [-0.05, 0) is 6.42 Å². The van der Waals surface area contributed by atoms with Gasteiger partial charge in [0.25, 0.3) is 0 Å². The highest BCUT2D eigenvalue weighted by Crippen LogP contribution is 2.09. The molecule has 1 unspecified atom stereocenters. The summed E-state index contributed by atoms with van der Waals surface area (Å²) in [5.74, 6) is 0. The predicted molar refractivity (Wildman–Crippen MR) is 48.2 cm³/mol. The second-order valence-electron chi connectivity index (χ2n) is 3.02. The molecule has 0 spiro atoms. The molecule has 0 heterocycles. The first kappa shape index (κ1) is 9.51. The molecule has 9 heavy (non-hydrogen) atoms. The minimum Gasteiger partial charge on any atom is -0.127 e. The Labute approximate surface area is 65.8 Å². The maximum atomic E-state index is 6.04. The summed E-state index contributed by atoms with van der Waals surface area (Å²) in [6, 6.07) is 0. The molecule has 0 aromatic heterocycles. The molecule has 0 aromatic rings. The van der Waals surface area contributed by atoms with Gasteiger partial charge in [-0.2, -0.15) is 0 Å². The Hall–Kier alpha value is 0.507. The topological polar surface area (TPSA) is 0 Å². The molecule has 0 amide bonds. The molecule has 1 atom stereocenters. The summed E-state index contributed by atoms with van der Waals surface area (Å²) in [4.78, 5) is 0. The molecule has 0 fully saturated rings. The summed E-state index contributed by atoms with van der Waals surface area (Å²) in [5.41, 5.74) is 0.888. The van der Waals surface area contributed by atoms with Crippen LogP contribution in [0.15, 0.2) is 0 Å². The van der Waals surface area contributed by atoms with Crippen molar-refractivity contribution in [3.63, 3.8) is 0 Å². The summed E-state index contributed by atoms with van der Waals surface area (Å²) < 4.78 is 0. The van der Waals surface area contributed by atoms with Gasteiger partial charge in [0.2, 0.25) is 0 Å². The summed E-state index contributed by atoms with van der Waals surface area (Å²) in [7, 11) is 0.0249. The van der Waals surface area contributed by atoms with E-state index in [4.69, 9.17) is 11.6 Å². The fourth-order valence-corrected chi connectivity index (χ4v) is 3.90. The van der Waals surface area contributed by atoms with E-state index in [0.717, 1.165) is 5.54 Å². The molecule has 0 nitrogen and oxygen atoms in total. The predicted octanol–water partition coefficient (Wildman–Crippen LogP) is 2.35. The number of halogens is 1. The minimum absolute atomic E-state index is 0.0249. The van der Waals surface area contributed by atoms with E-state index in [0.29, 0.717) is 5.00 Å². The molecule has 0 saturated carbocycles. The lowest BCUT2D eigenvalue weighted by Gasteiger charge is -2.08. The Bertz CT molecular complexity index is 63.9. The van der Waals surface area contributed by atoms with Crippen molar-refractivity contribution in [3.05, 3.63) is 0 Å². The highest BCUT2D eigenvalue weighted by Gasteiger charge is 2.05. The molecular formula is C7H17ClSi. The van der Waals surface area contributed by atoms with E-state index in [1.807, 2.05) is 0 Å². The molecule has 0 aliphatic rings. The highest BCUT2D eigenvalue weighted by atomic mass is 35.5. The van der Waals surface area contributed by atoms with Crippen LogP contribution in [0.2, 0.25) is 5.54 Å². The van der Waals surface area contributed by atoms with Gasteiger partial charge < -0.3 is 0 Å². The quantitative estimate of drug-likeness (QED) is 0.442. The molecule has 0 aromatic carbocycles. The number of alkyl halides is 1. The summed E-state index contributed by atoms with van der Waals surface area (Å²) in [5, 5.41) is 0.551. The van der Waals surface area contributed by atoms with Gasteiger partial charge in [0, 0.05) is 14.5 Å². The van der Waals surface area contributed by atoms with Crippen LogP contribution in [0.3, 0.4) is 0 Å². The molecule has 56 valence electrons. The highest BCUT2D eigenvalue weighted by molar-refractivity contribution is 6.54. The molecule has 0 N–H and O–H groups in total. The van der Waals surface area contributed by atoms with Gasteiger partial charge in [-0.1, -0.05) is 32.7 Å². The van der Waals surface area contributed by atoms with Crippen LogP contribution in [0.1, 0.15) is 33.6 Å². The zero-order chi connectivity index (χ0) is 7.28. The van der Waals surface area contributed by atoms with Crippen LogP contribution >= 0.6 is 11.6 Å². The molecule has 0 saturated heterocycles. The van der Waals surface area contributed by atoms with Crippen molar-refractivity contribution >= 4 is 21.1 Å². The number of hydrogen-bond donors (Lipinski definition) is 0. The van der Waals surface area contributed by atoms with E-state index in [2.05, 4.69) is 20.8 Å². The molecule has 0 radical (unpaired) electrons. The van der Waals surface area contributed by atoms with Crippen LogP contribution in [0.4, 0.5) is 0 Å². The Balaban J connectivity index is 3.15. The summed E-state index contributed by atoms with van der Waals surface area (Å²) in [6.45, 7) is 6.75. The van der Waals surface area contributed by atoms with Crippen molar-refractivity contribution in [1.29, 1.82) is 0 Å². The average molecular weight is 165 g/mol. The first-order valence-electron chi connectivity index (χ1n) is 3.80. The first-order valence-corrected chi connectivity index (χ1v) is 5.87. The van der Waals surface area contributed by atoms with Crippen LogP contribution < -0.4 is 0 Å². The molecule has 0 bridgehead atoms. The van der Waals surface area contributed by atoms with Gasteiger partial charge in [-0.15, -0.1) is 11.6 Å². The smallest absolute Gasteiger partial charge is 0.0443 e. The number of hydrogen-bond acceptors (Lipinski definition) is 0. The minimum atomic E-state index is 0.0249. The van der Waals surface area contributed by atoms with Gasteiger partial charge in [-0.25, -0.2) is 0 Å². The van der Waals surface area contributed by atoms with Crippen LogP contribution in [0, 0.1) is 0 Å². The average Bonchev–Trinajstić information content (AvgIpc) is 1.63. The normalized spacial score (nSPS) is 15.7. The molecular weight excluding hydrogens is 148 g/mol. The fourth-order valence-electron chi connectivity index (χ4n) is 0.943. The van der Waals surface area contributed by atoms with Gasteiger partial charge in [0.1, 0.15) is 0 Å². The Morgan fingerprint density at radius 1 is 1.44 bits per heavy atom. The molecule has 2 heteroatoms. The monoisotopic (exact) mass is 164 g/mol. The third-order valence-corrected chi connectivity index (χ3v) is 3.94. The summed E-state index contributed by atoms with van der Waals surface area (Å²) in [6.07, 6.45) is 2.47. The number of rotatable bonds is 4. The van der Waals surface area contributed by atoms with E-state index >= 15 is 0 Å².